The maximum Gasteiger partial charge on any atom is 0.348 e. The zero-order valence-corrected chi connectivity index (χ0v) is 12.6. The van der Waals surface area contributed by atoms with Crippen molar-refractivity contribution in [2.45, 2.75) is 39.7 Å². The molecule has 2 rings (SSSR count). The minimum atomic E-state index is -0.123. The highest BCUT2D eigenvalue weighted by molar-refractivity contribution is 9.10. The number of nitrogens with zero attached hydrogens (tertiary/aromatic N) is 2. The van der Waals surface area contributed by atoms with E-state index in [1.165, 1.54) is 12.8 Å². The van der Waals surface area contributed by atoms with Crippen LogP contribution in [-0.4, -0.2) is 22.6 Å². The summed E-state index contributed by atoms with van der Waals surface area (Å²) in [5.74, 6) is 0.734. The molecule has 0 saturated carbocycles. The van der Waals surface area contributed by atoms with Crippen molar-refractivity contribution < 1.29 is 0 Å². The zero-order valence-electron chi connectivity index (χ0n) is 11.0. The molecule has 1 aliphatic heterocycles. The number of hydrogen-bond acceptors (Lipinski definition) is 3. The van der Waals surface area contributed by atoms with E-state index in [-0.39, 0.29) is 5.69 Å². The topological polar surface area (TPSA) is 46.9 Å². The number of halogens is 1. The number of aryl methyl sites for hydroxylation is 1. The zero-order chi connectivity index (χ0) is 13.1. The smallest absolute Gasteiger partial charge is 0.317 e. The Hall–Kier alpha value is -0.680. The lowest BCUT2D eigenvalue weighted by atomic mass is 9.95. The first-order valence-electron chi connectivity index (χ1n) is 6.54. The Kier molecular flexibility index (Phi) is 4.56. The lowest BCUT2D eigenvalue weighted by molar-refractivity contribution is 0.334. The highest BCUT2D eigenvalue weighted by Crippen LogP contribution is 2.20. The van der Waals surface area contributed by atoms with Gasteiger partial charge < -0.3 is 5.32 Å². The van der Waals surface area contributed by atoms with Crippen LogP contribution in [0.4, 0.5) is 0 Å². The second-order valence-electron chi connectivity index (χ2n) is 5.01. The van der Waals surface area contributed by atoms with Crippen LogP contribution in [0.1, 0.15) is 30.7 Å². The molecule has 0 bridgehead atoms. The SMILES string of the molecule is Cc1nc(=O)n(CCC2CCNCC2)c(C)c1Br. The van der Waals surface area contributed by atoms with Crippen molar-refractivity contribution >= 4 is 15.9 Å². The molecule has 1 aliphatic rings. The van der Waals surface area contributed by atoms with Gasteiger partial charge in [0.05, 0.1) is 10.2 Å². The first-order valence-corrected chi connectivity index (χ1v) is 7.33. The molecule has 100 valence electrons. The van der Waals surface area contributed by atoms with Crippen molar-refractivity contribution in [3.63, 3.8) is 0 Å². The number of aromatic nitrogens is 2. The van der Waals surface area contributed by atoms with Gasteiger partial charge in [0.25, 0.3) is 0 Å². The summed E-state index contributed by atoms with van der Waals surface area (Å²) in [5.41, 5.74) is 1.64. The Morgan fingerprint density at radius 1 is 1.39 bits per heavy atom. The lowest BCUT2D eigenvalue weighted by Crippen LogP contribution is -2.31. The standard InChI is InChI=1S/C13H20BrN3O/c1-9-12(14)10(2)17(13(18)16-9)8-5-11-3-6-15-7-4-11/h11,15H,3-8H2,1-2H3. The van der Waals surface area contributed by atoms with Crippen molar-refractivity contribution in [2.75, 3.05) is 13.1 Å². The number of hydrogen-bond donors (Lipinski definition) is 1. The van der Waals surface area contributed by atoms with Crippen LogP contribution >= 0.6 is 15.9 Å². The van der Waals surface area contributed by atoms with Crippen LogP contribution in [0.3, 0.4) is 0 Å². The van der Waals surface area contributed by atoms with Gasteiger partial charge in [-0.15, -0.1) is 0 Å². The van der Waals surface area contributed by atoms with Crippen LogP contribution in [-0.2, 0) is 6.54 Å². The molecule has 0 aliphatic carbocycles. The fraction of sp³-hybridized carbons (Fsp3) is 0.692. The van der Waals surface area contributed by atoms with E-state index in [1.807, 2.05) is 13.8 Å². The molecule has 0 amide bonds. The molecular weight excluding hydrogens is 294 g/mol. The average Bonchev–Trinajstić information content (AvgIpc) is 2.37. The fourth-order valence-corrected chi connectivity index (χ4v) is 2.82. The molecule has 1 fully saturated rings. The molecule has 5 heteroatoms. The summed E-state index contributed by atoms with van der Waals surface area (Å²) >= 11 is 3.50. The molecule has 1 aromatic rings. The molecule has 1 saturated heterocycles. The van der Waals surface area contributed by atoms with Gasteiger partial charge in [-0.05, 0) is 68.0 Å². The Bertz CT molecular complexity index is 478. The van der Waals surface area contributed by atoms with Gasteiger partial charge in [0.2, 0.25) is 0 Å². The first kappa shape index (κ1) is 13.7. The van der Waals surface area contributed by atoms with Crippen LogP contribution in [0.15, 0.2) is 9.27 Å². The molecule has 0 unspecified atom stereocenters. The van der Waals surface area contributed by atoms with E-state index in [0.717, 1.165) is 47.8 Å². The van der Waals surface area contributed by atoms with Gasteiger partial charge in [0, 0.05) is 12.2 Å². The van der Waals surface area contributed by atoms with E-state index in [9.17, 15) is 4.79 Å². The minimum Gasteiger partial charge on any atom is -0.317 e. The summed E-state index contributed by atoms with van der Waals surface area (Å²) in [5, 5.41) is 3.36. The van der Waals surface area contributed by atoms with Crippen LogP contribution in [0, 0.1) is 19.8 Å². The van der Waals surface area contributed by atoms with Gasteiger partial charge >= 0.3 is 5.69 Å². The first-order chi connectivity index (χ1) is 8.59. The normalized spacial score (nSPS) is 17.1. The van der Waals surface area contributed by atoms with Crippen LogP contribution in [0.25, 0.3) is 0 Å². The molecule has 4 nitrogen and oxygen atoms in total. The van der Waals surface area contributed by atoms with Gasteiger partial charge in [-0.25, -0.2) is 4.79 Å². The fourth-order valence-electron chi connectivity index (χ4n) is 2.52. The second kappa shape index (κ2) is 5.97. The van der Waals surface area contributed by atoms with Crippen molar-refractivity contribution in [1.82, 2.24) is 14.9 Å². The third-order valence-electron chi connectivity index (χ3n) is 3.75. The summed E-state index contributed by atoms with van der Waals surface area (Å²) < 4.78 is 2.74. The third-order valence-corrected chi connectivity index (χ3v) is 4.90. The van der Waals surface area contributed by atoms with Crippen molar-refractivity contribution in [2.24, 2.45) is 5.92 Å². The largest absolute Gasteiger partial charge is 0.348 e. The number of rotatable bonds is 3. The van der Waals surface area contributed by atoms with Gasteiger partial charge in [0.1, 0.15) is 0 Å². The maximum absolute atomic E-state index is 11.9. The van der Waals surface area contributed by atoms with Gasteiger partial charge in [-0.1, -0.05) is 0 Å². The average molecular weight is 314 g/mol. The van der Waals surface area contributed by atoms with Crippen LogP contribution in [0.5, 0.6) is 0 Å². The predicted octanol–water partition coefficient (Wildman–Crippen LogP) is 2.01. The Morgan fingerprint density at radius 2 is 2.06 bits per heavy atom. The predicted molar refractivity (Wildman–Crippen MR) is 75.9 cm³/mol. The minimum absolute atomic E-state index is 0.123. The Labute approximate surface area is 116 Å². The van der Waals surface area contributed by atoms with E-state index >= 15 is 0 Å². The summed E-state index contributed by atoms with van der Waals surface area (Å²) in [4.78, 5) is 16.0. The number of nitrogens with one attached hydrogen (secondary N) is 1. The quantitative estimate of drug-likeness (QED) is 0.928. The van der Waals surface area contributed by atoms with Crippen LogP contribution in [0.2, 0.25) is 0 Å². The van der Waals surface area contributed by atoms with E-state index in [2.05, 4.69) is 26.2 Å². The molecule has 0 spiro atoms. The van der Waals surface area contributed by atoms with Crippen molar-refractivity contribution in [3.8, 4) is 0 Å². The van der Waals surface area contributed by atoms with Crippen molar-refractivity contribution in [3.05, 3.63) is 26.3 Å². The third kappa shape index (κ3) is 3.01. The van der Waals surface area contributed by atoms with E-state index in [0.29, 0.717) is 0 Å². The molecule has 1 N–H and O–H groups in total. The van der Waals surface area contributed by atoms with Gasteiger partial charge in [-0.2, -0.15) is 4.98 Å². The molecule has 18 heavy (non-hydrogen) atoms. The highest BCUT2D eigenvalue weighted by Gasteiger charge is 2.15. The van der Waals surface area contributed by atoms with Gasteiger partial charge in [0.15, 0.2) is 0 Å². The monoisotopic (exact) mass is 313 g/mol. The summed E-state index contributed by atoms with van der Waals surface area (Å²) in [6.07, 6.45) is 3.50. The van der Waals surface area contributed by atoms with E-state index < -0.39 is 0 Å². The number of piperidine rings is 1. The highest BCUT2D eigenvalue weighted by atomic mass is 79.9. The molecule has 1 aromatic heterocycles. The summed E-state index contributed by atoms with van der Waals surface area (Å²) in [7, 11) is 0. The Balaban J connectivity index is 2.09. The van der Waals surface area contributed by atoms with E-state index in [4.69, 9.17) is 0 Å². The van der Waals surface area contributed by atoms with E-state index in [1.54, 1.807) is 4.57 Å². The van der Waals surface area contributed by atoms with Crippen molar-refractivity contribution in [1.29, 1.82) is 0 Å². The molecule has 0 atom stereocenters. The molecule has 0 aromatic carbocycles. The molecule has 0 radical (unpaired) electrons. The summed E-state index contributed by atoms with van der Waals surface area (Å²) in [6, 6.07) is 0. The maximum atomic E-state index is 11.9. The Morgan fingerprint density at radius 3 is 2.72 bits per heavy atom. The molecular formula is C13H20BrN3O. The molecule has 2 heterocycles. The second-order valence-corrected chi connectivity index (χ2v) is 5.81. The lowest BCUT2D eigenvalue weighted by Gasteiger charge is -2.23. The van der Waals surface area contributed by atoms with Gasteiger partial charge in [-0.3, -0.25) is 4.57 Å². The van der Waals surface area contributed by atoms with Crippen LogP contribution < -0.4 is 11.0 Å². The summed E-state index contributed by atoms with van der Waals surface area (Å²) in [6.45, 7) is 6.82.